The normalized spacial score (nSPS) is 10.6. The minimum atomic E-state index is -0.105. The Morgan fingerprint density at radius 1 is 1.40 bits per heavy atom. The smallest absolute Gasteiger partial charge is 0.269 e. The van der Waals surface area contributed by atoms with Crippen molar-refractivity contribution in [3.05, 3.63) is 41.0 Å². The molecular formula is C15H18ClN3O. The molecule has 1 N–H and O–H groups in total. The van der Waals surface area contributed by atoms with Crippen LogP contribution in [0.3, 0.4) is 0 Å². The van der Waals surface area contributed by atoms with E-state index < -0.39 is 0 Å². The monoisotopic (exact) mass is 291 g/mol. The van der Waals surface area contributed by atoms with E-state index in [4.69, 9.17) is 11.6 Å². The number of benzene rings is 1. The van der Waals surface area contributed by atoms with E-state index in [9.17, 15) is 4.79 Å². The Kier molecular flexibility index (Phi) is 4.79. The Balaban J connectivity index is 2.22. The standard InChI is InChI=1S/C15H18ClN3O/c1-3-4-9-17-15(20)14-10-13(18-19(14)2)11-7-5-6-8-12(11)16/h5-8,10H,3-4,9H2,1-2H3,(H,17,20). The molecule has 0 aliphatic carbocycles. The molecule has 0 saturated carbocycles. The molecule has 2 aromatic rings. The average molecular weight is 292 g/mol. The molecule has 0 unspecified atom stereocenters. The second-order valence-corrected chi connectivity index (χ2v) is 5.03. The van der Waals surface area contributed by atoms with Gasteiger partial charge in [0, 0.05) is 19.2 Å². The predicted molar refractivity (Wildman–Crippen MR) is 80.9 cm³/mol. The first kappa shape index (κ1) is 14.6. The first-order valence-corrected chi connectivity index (χ1v) is 7.08. The van der Waals surface area contributed by atoms with Gasteiger partial charge in [-0.25, -0.2) is 0 Å². The summed E-state index contributed by atoms with van der Waals surface area (Å²) in [6.07, 6.45) is 2.03. The van der Waals surface area contributed by atoms with Gasteiger partial charge in [-0.3, -0.25) is 9.48 Å². The summed E-state index contributed by atoms with van der Waals surface area (Å²) in [6, 6.07) is 9.24. The maximum atomic E-state index is 12.1. The summed E-state index contributed by atoms with van der Waals surface area (Å²) in [6.45, 7) is 2.77. The number of unbranched alkanes of at least 4 members (excludes halogenated alkanes) is 1. The number of carbonyl (C=O) groups excluding carboxylic acids is 1. The highest BCUT2D eigenvalue weighted by molar-refractivity contribution is 6.33. The van der Waals surface area contributed by atoms with E-state index in [0.717, 1.165) is 18.4 Å². The second kappa shape index (κ2) is 6.57. The van der Waals surface area contributed by atoms with Crippen molar-refractivity contribution in [2.24, 2.45) is 7.05 Å². The quantitative estimate of drug-likeness (QED) is 0.860. The molecule has 106 valence electrons. The van der Waals surface area contributed by atoms with Crippen LogP contribution in [0.15, 0.2) is 30.3 Å². The molecule has 0 saturated heterocycles. The first-order chi connectivity index (χ1) is 9.63. The van der Waals surface area contributed by atoms with Crippen LogP contribution in [0.5, 0.6) is 0 Å². The number of aryl methyl sites for hydroxylation is 1. The lowest BCUT2D eigenvalue weighted by Gasteiger charge is -2.03. The fourth-order valence-electron chi connectivity index (χ4n) is 1.95. The van der Waals surface area contributed by atoms with Gasteiger partial charge >= 0.3 is 0 Å². The van der Waals surface area contributed by atoms with Gasteiger partial charge in [-0.1, -0.05) is 43.1 Å². The molecule has 0 radical (unpaired) electrons. The largest absolute Gasteiger partial charge is 0.351 e. The third-order valence-electron chi connectivity index (χ3n) is 3.08. The zero-order valence-electron chi connectivity index (χ0n) is 11.7. The van der Waals surface area contributed by atoms with Crippen molar-refractivity contribution in [3.8, 4) is 11.3 Å². The Morgan fingerprint density at radius 3 is 2.85 bits per heavy atom. The lowest BCUT2D eigenvalue weighted by Crippen LogP contribution is -2.26. The Morgan fingerprint density at radius 2 is 2.15 bits per heavy atom. The fraction of sp³-hybridized carbons (Fsp3) is 0.333. The molecule has 0 atom stereocenters. The molecule has 20 heavy (non-hydrogen) atoms. The van der Waals surface area contributed by atoms with Crippen molar-refractivity contribution in [1.29, 1.82) is 0 Å². The van der Waals surface area contributed by atoms with Crippen LogP contribution in [0.25, 0.3) is 11.3 Å². The van der Waals surface area contributed by atoms with Crippen LogP contribution in [0.4, 0.5) is 0 Å². The minimum absolute atomic E-state index is 0.105. The number of rotatable bonds is 5. The van der Waals surface area contributed by atoms with Crippen LogP contribution < -0.4 is 5.32 Å². The zero-order chi connectivity index (χ0) is 14.5. The van der Waals surface area contributed by atoms with Gasteiger partial charge in [-0.2, -0.15) is 5.10 Å². The van der Waals surface area contributed by atoms with Gasteiger partial charge in [0.05, 0.1) is 10.7 Å². The second-order valence-electron chi connectivity index (χ2n) is 4.63. The molecule has 1 aromatic carbocycles. The number of hydrogen-bond acceptors (Lipinski definition) is 2. The summed E-state index contributed by atoms with van der Waals surface area (Å²) in [5.74, 6) is -0.105. The molecule has 1 amide bonds. The molecular weight excluding hydrogens is 274 g/mol. The molecule has 1 aromatic heterocycles. The number of carbonyl (C=O) groups is 1. The molecule has 1 heterocycles. The van der Waals surface area contributed by atoms with Crippen molar-refractivity contribution in [3.63, 3.8) is 0 Å². The van der Waals surface area contributed by atoms with E-state index in [1.807, 2.05) is 24.3 Å². The van der Waals surface area contributed by atoms with Gasteiger partial charge in [0.2, 0.25) is 0 Å². The summed E-state index contributed by atoms with van der Waals surface area (Å²) >= 11 is 6.15. The number of nitrogens with one attached hydrogen (secondary N) is 1. The molecule has 0 spiro atoms. The van der Waals surface area contributed by atoms with Crippen LogP contribution >= 0.6 is 11.6 Å². The topological polar surface area (TPSA) is 46.9 Å². The fourth-order valence-corrected chi connectivity index (χ4v) is 2.18. The van der Waals surface area contributed by atoms with E-state index in [2.05, 4.69) is 17.3 Å². The van der Waals surface area contributed by atoms with Gasteiger partial charge in [0.15, 0.2) is 0 Å². The van der Waals surface area contributed by atoms with Gasteiger partial charge in [-0.05, 0) is 18.6 Å². The first-order valence-electron chi connectivity index (χ1n) is 6.70. The predicted octanol–water partition coefficient (Wildman–Crippen LogP) is 3.27. The summed E-state index contributed by atoms with van der Waals surface area (Å²) in [5, 5.41) is 7.88. The lowest BCUT2D eigenvalue weighted by atomic mass is 10.1. The minimum Gasteiger partial charge on any atom is -0.351 e. The maximum Gasteiger partial charge on any atom is 0.269 e. The highest BCUT2D eigenvalue weighted by Crippen LogP contribution is 2.26. The SMILES string of the molecule is CCCCNC(=O)c1cc(-c2ccccc2Cl)nn1C. The molecule has 0 aliphatic rings. The highest BCUT2D eigenvalue weighted by atomic mass is 35.5. The number of amides is 1. The molecule has 0 fully saturated rings. The molecule has 2 rings (SSSR count). The molecule has 0 aliphatic heterocycles. The van der Waals surface area contributed by atoms with Crippen molar-refractivity contribution >= 4 is 17.5 Å². The summed E-state index contributed by atoms with van der Waals surface area (Å²) in [4.78, 5) is 12.1. The van der Waals surface area contributed by atoms with E-state index in [-0.39, 0.29) is 5.91 Å². The van der Waals surface area contributed by atoms with E-state index in [1.165, 1.54) is 0 Å². The third kappa shape index (κ3) is 3.20. The van der Waals surface area contributed by atoms with E-state index >= 15 is 0 Å². The number of hydrogen-bond donors (Lipinski definition) is 1. The molecule has 0 bridgehead atoms. The molecule has 4 nitrogen and oxygen atoms in total. The maximum absolute atomic E-state index is 12.1. The summed E-state index contributed by atoms with van der Waals surface area (Å²) < 4.78 is 1.58. The van der Waals surface area contributed by atoms with E-state index in [0.29, 0.717) is 23.0 Å². The Hall–Kier alpha value is -1.81. The Labute approximate surface area is 123 Å². The van der Waals surface area contributed by atoms with Crippen molar-refractivity contribution in [2.45, 2.75) is 19.8 Å². The third-order valence-corrected chi connectivity index (χ3v) is 3.41. The van der Waals surface area contributed by atoms with Crippen molar-refractivity contribution in [2.75, 3.05) is 6.54 Å². The van der Waals surface area contributed by atoms with Crippen LogP contribution in [-0.4, -0.2) is 22.2 Å². The Bertz CT molecular complexity index is 607. The average Bonchev–Trinajstić information content (AvgIpc) is 2.81. The number of aromatic nitrogens is 2. The van der Waals surface area contributed by atoms with E-state index in [1.54, 1.807) is 17.8 Å². The van der Waals surface area contributed by atoms with Crippen LogP contribution in [0, 0.1) is 0 Å². The number of nitrogens with zero attached hydrogens (tertiary/aromatic N) is 2. The van der Waals surface area contributed by atoms with Gasteiger partial charge in [0.1, 0.15) is 5.69 Å². The van der Waals surface area contributed by atoms with Gasteiger partial charge < -0.3 is 5.32 Å². The highest BCUT2D eigenvalue weighted by Gasteiger charge is 2.15. The van der Waals surface area contributed by atoms with Crippen molar-refractivity contribution in [1.82, 2.24) is 15.1 Å². The van der Waals surface area contributed by atoms with Crippen LogP contribution in [0.2, 0.25) is 5.02 Å². The van der Waals surface area contributed by atoms with Crippen LogP contribution in [0.1, 0.15) is 30.3 Å². The molecule has 5 heteroatoms. The number of halogens is 1. The summed E-state index contributed by atoms with van der Waals surface area (Å²) in [5.41, 5.74) is 2.08. The zero-order valence-corrected chi connectivity index (χ0v) is 12.4. The van der Waals surface area contributed by atoms with Gasteiger partial charge in [-0.15, -0.1) is 0 Å². The lowest BCUT2D eigenvalue weighted by molar-refractivity contribution is 0.0944. The van der Waals surface area contributed by atoms with Gasteiger partial charge in [0.25, 0.3) is 5.91 Å². The summed E-state index contributed by atoms with van der Waals surface area (Å²) in [7, 11) is 1.76. The van der Waals surface area contributed by atoms with Crippen molar-refractivity contribution < 1.29 is 4.79 Å². The van der Waals surface area contributed by atoms with Crippen LogP contribution in [-0.2, 0) is 7.05 Å².